The van der Waals surface area contributed by atoms with Crippen molar-refractivity contribution in [2.24, 2.45) is 0 Å². The van der Waals surface area contributed by atoms with Crippen LogP contribution in [-0.4, -0.2) is 76.4 Å². The summed E-state index contributed by atoms with van der Waals surface area (Å²) in [6.45, 7) is 7.76. The summed E-state index contributed by atoms with van der Waals surface area (Å²) >= 11 is -1.71. The number of hydrogen-bond donors (Lipinski definition) is 0. The van der Waals surface area contributed by atoms with E-state index in [-0.39, 0.29) is 58.5 Å². The Morgan fingerprint density at radius 3 is 2.38 bits per heavy atom. The number of hydrogen-bond acceptors (Lipinski definition) is 8. The van der Waals surface area contributed by atoms with Gasteiger partial charge in [-0.2, -0.15) is 9.97 Å². The van der Waals surface area contributed by atoms with E-state index in [0.29, 0.717) is 29.4 Å². The lowest BCUT2D eigenvalue weighted by Gasteiger charge is -2.42. The normalized spacial score (nSPS) is 18.7. The van der Waals surface area contributed by atoms with Crippen LogP contribution in [0, 0.1) is 17.5 Å². The fourth-order valence-corrected chi connectivity index (χ4v) is 7.14. The van der Waals surface area contributed by atoms with Crippen molar-refractivity contribution >= 4 is 44.8 Å². The summed E-state index contributed by atoms with van der Waals surface area (Å²) in [5.74, 6) is -1.90. The predicted octanol–water partition coefficient (Wildman–Crippen LogP) is 6.74. The third-order valence-corrected chi connectivity index (χ3v) is 9.29. The van der Waals surface area contributed by atoms with Crippen molar-refractivity contribution in [2.75, 3.05) is 38.1 Å². The van der Waals surface area contributed by atoms with Crippen LogP contribution in [-0.2, 0) is 27.1 Å². The molecule has 0 radical (unpaired) electrons. The number of rotatable bonds is 7. The van der Waals surface area contributed by atoms with E-state index in [1.54, 1.807) is 17.9 Å². The monoisotopic (exact) mass is 670 g/mol. The summed E-state index contributed by atoms with van der Waals surface area (Å²) in [6, 6.07) is 6.74. The Kier molecular flexibility index (Phi) is 8.92. The van der Waals surface area contributed by atoms with Gasteiger partial charge in [-0.3, -0.25) is 4.90 Å². The number of piperazine rings is 1. The molecule has 4 aromatic rings. The average Bonchev–Trinajstić information content (AvgIpc) is 3.28. The van der Waals surface area contributed by atoms with Crippen molar-refractivity contribution < 1.29 is 36.7 Å². The molecule has 9 nitrogen and oxygen atoms in total. The summed E-state index contributed by atoms with van der Waals surface area (Å²) in [4.78, 5) is 25.5. The number of benzene rings is 3. The molecule has 47 heavy (non-hydrogen) atoms. The molecule has 6 rings (SSSR count). The van der Waals surface area contributed by atoms with Crippen molar-refractivity contribution in [1.29, 1.82) is 0 Å². The van der Waals surface area contributed by atoms with Crippen LogP contribution < -0.4 is 9.64 Å². The van der Waals surface area contributed by atoms with Gasteiger partial charge in [0.1, 0.15) is 40.6 Å². The molecular weight excluding hydrogens is 633 g/mol. The van der Waals surface area contributed by atoms with Gasteiger partial charge in [0, 0.05) is 36.8 Å². The SMILES string of the molecule is CCc1c(F)ccc2cc(OCOC)cc(-c3c(F)cc4c(N5C[C@H]6CC[C@@H](C5)N6C(=O)OC(C)(C)C)nc([S+](C)[O-])nc4c3F)c12. The molecule has 0 saturated carbocycles. The molecule has 2 bridgehead atoms. The number of aromatic nitrogens is 2. The predicted molar refractivity (Wildman–Crippen MR) is 174 cm³/mol. The van der Waals surface area contributed by atoms with Crippen LogP contribution in [0.5, 0.6) is 5.75 Å². The van der Waals surface area contributed by atoms with Gasteiger partial charge in [0.2, 0.25) is 0 Å². The van der Waals surface area contributed by atoms with Crippen molar-refractivity contribution in [3.63, 3.8) is 0 Å². The fraction of sp³-hybridized carbons (Fsp3) is 0.441. The average molecular weight is 671 g/mol. The minimum Gasteiger partial charge on any atom is -0.609 e. The highest BCUT2D eigenvalue weighted by molar-refractivity contribution is 7.90. The maximum Gasteiger partial charge on any atom is 0.410 e. The molecule has 0 N–H and O–H groups in total. The zero-order valence-corrected chi connectivity index (χ0v) is 28.0. The third kappa shape index (κ3) is 6.16. The number of amides is 1. The summed E-state index contributed by atoms with van der Waals surface area (Å²) in [5.41, 5.74) is -0.910. The number of carbonyl (C=O) groups excluding carboxylic acids is 1. The molecule has 1 amide bonds. The lowest BCUT2D eigenvalue weighted by molar-refractivity contribution is 0.0123. The second-order valence-corrected chi connectivity index (χ2v) is 14.2. The van der Waals surface area contributed by atoms with Gasteiger partial charge in [-0.15, -0.1) is 0 Å². The molecule has 1 aromatic heterocycles. The van der Waals surface area contributed by atoms with Crippen LogP contribution in [0.4, 0.5) is 23.8 Å². The largest absolute Gasteiger partial charge is 0.609 e. The molecular formula is C34H37F3N4O5S. The van der Waals surface area contributed by atoms with Crippen LogP contribution in [0.3, 0.4) is 0 Å². The Morgan fingerprint density at radius 1 is 1.06 bits per heavy atom. The first-order valence-electron chi connectivity index (χ1n) is 15.5. The van der Waals surface area contributed by atoms with Crippen molar-refractivity contribution in [2.45, 2.75) is 69.8 Å². The van der Waals surface area contributed by atoms with Gasteiger partial charge in [0.15, 0.2) is 12.6 Å². The van der Waals surface area contributed by atoms with E-state index in [1.807, 2.05) is 25.7 Å². The lowest BCUT2D eigenvalue weighted by Crippen LogP contribution is -2.57. The van der Waals surface area contributed by atoms with E-state index in [4.69, 9.17) is 14.2 Å². The van der Waals surface area contributed by atoms with Crippen molar-refractivity contribution in [3.05, 3.63) is 53.3 Å². The third-order valence-electron chi connectivity index (χ3n) is 8.59. The first-order valence-corrected chi connectivity index (χ1v) is 17.0. The molecule has 2 fully saturated rings. The number of fused-ring (bicyclic) bond motifs is 4. The Labute approximate surface area is 274 Å². The minimum absolute atomic E-state index is 0.0882. The summed E-state index contributed by atoms with van der Waals surface area (Å²) < 4.78 is 77.4. The standard InChI is InChI=1S/C34H37F3N4O5S/c1-7-22-25(35)11-8-18-12-21(45-17-44-5)13-23(27(18)22)28-26(36)14-24-30(29(28)37)38-32(47(6)43)39-31(24)40-15-19-9-10-20(16-40)41(19)33(42)46-34(2,3)4/h8,11-14,19-20H,7,9-10,15-17H2,1-6H3/t19-,20+,47?. The summed E-state index contributed by atoms with van der Waals surface area (Å²) in [5, 5.41) is 0.856. The van der Waals surface area contributed by atoms with Gasteiger partial charge >= 0.3 is 11.2 Å². The molecule has 2 aliphatic rings. The van der Waals surface area contributed by atoms with Gasteiger partial charge in [-0.1, -0.05) is 13.0 Å². The smallest absolute Gasteiger partial charge is 0.410 e. The molecule has 2 aliphatic heterocycles. The highest BCUT2D eigenvalue weighted by atomic mass is 32.2. The van der Waals surface area contributed by atoms with Gasteiger partial charge < -0.3 is 23.7 Å². The van der Waals surface area contributed by atoms with Gasteiger partial charge in [-0.25, -0.2) is 18.0 Å². The number of aryl methyl sites for hydroxylation is 1. The molecule has 1 unspecified atom stereocenters. The van der Waals surface area contributed by atoms with Crippen LogP contribution in [0.15, 0.2) is 35.5 Å². The van der Waals surface area contributed by atoms with Gasteiger partial charge in [0.25, 0.3) is 0 Å². The van der Waals surface area contributed by atoms with E-state index in [0.717, 1.165) is 12.8 Å². The van der Waals surface area contributed by atoms with E-state index in [2.05, 4.69) is 9.97 Å². The molecule has 250 valence electrons. The molecule has 3 aromatic carbocycles. The van der Waals surface area contributed by atoms with Crippen LogP contribution in [0.1, 0.15) is 46.1 Å². The minimum atomic E-state index is -1.71. The number of carbonyl (C=O) groups is 1. The lowest BCUT2D eigenvalue weighted by atomic mass is 9.91. The van der Waals surface area contributed by atoms with Gasteiger partial charge in [0.05, 0.1) is 17.6 Å². The van der Waals surface area contributed by atoms with E-state index in [1.165, 1.54) is 37.6 Å². The molecule has 13 heteroatoms. The van der Waals surface area contributed by atoms with Crippen LogP contribution in [0.2, 0.25) is 0 Å². The van der Waals surface area contributed by atoms with Crippen LogP contribution in [0.25, 0.3) is 32.8 Å². The first kappa shape index (κ1) is 33.1. The maximum absolute atomic E-state index is 16.9. The number of halogens is 3. The van der Waals surface area contributed by atoms with E-state index < -0.39 is 45.9 Å². The number of ether oxygens (including phenoxy) is 3. The van der Waals surface area contributed by atoms with Crippen LogP contribution >= 0.6 is 0 Å². The Morgan fingerprint density at radius 2 is 1.77 bits per heavy atom. The molecule has 3 atom stereocenters. The number of anilines is 1. The Bertz CT molecular complexity index is 1850. The molecule has 2 saturated heterocycles. The second kappa shape index (κ2) is 12.7. The summed E-state index contributed by atoms with van der Waals surface area (Å²) in [6.07, 6.45) is 2.72. The van der Waals surface area contributed by atoms with Crippen molar-refractivity contribution in [3.8, 4) is 16.9 Å². The molecule has 0 spiro atoms. The number of nitrogens with zero attached hydrogens (tertiary/aromatic N) is 4. The molecule has 3 heterocycles. The topological polar surface area (TPSA) is 100 Å². The Hall–Kier alpha value is -3.81. The quantitative estimate of drug-likeness (QED) is 0.121. The summed E-state index contributed by atoms with van der Waals surface area (Å²) in [7, 11) is 1.45. The Balaban J connectivity index is 1.51. The maximum atomic E-state index is 16.9. The number of methoxy groups -OCH3 is 1. The van der Waals surface area contributed by atoms with E-state index in [9.17, 15) is 9.35 Å². The zero-order chi connectivity index (χ0) is 33.8. The van der Waals surface area contributed by atoms with Crippen molar-refractivity contribution in [1.82, 2.24) is 14.9 Å². The first-order chi connectivity index (χ1) is 22.3. The fourth-order valence-electron chi connectivity index (χ4n) is 6.71. The van der Waals surface area contributed by atoms with Gasteiger partial charge in [-0.05, 0) is 86.2 Å². The highest BCUT2D eigenvalue weighted by Crippen LogP contribution is 2.43. The molecule has 0 aliphatic carbocycles. The second-order valence-electron chi connectivity index (χ2n) is 12.9. The van der Waals surface area contributed by atoms with E-state index >= 15 is 13.2 Å². The highest BCUT2D eigenvalue weighted by Gasteiger charge is 2.45. The zero-order valence-electron chi connectivity index (χ0n) is 27.2.